The van der Waals surface area contributed by atoms with Gasteiger partial charge < -0.3 is 15.6 Å². The van der Waals surface area contributed by atoms with E-state index < -0.39 is 0 Å². The fraction of sp³-hybridized carbons (Fsp3) is 0.357. The maximum atomic E-state index is 11.9. The van der Waals surface area contributed by atoms with E-state index in [2.05, 4.69) is 15.6 Å². The molecule has 0 radical (unpaired) electrons. The Hall–Kier alpha value is -1.97. The second-order valence-corrected chi connectivity index (χ2v) is 4.83. The summed E-state index contributed by atoms with van der Waals surface area (Å²) in [5, 5.41) is 6.97. The molecule has 1 saturated carbocycles. The predicted octanol–water partition coefficient (Wildman–Crippen LogP) is 3.23. The highest BCUT2D eigenvalue weighted by Gasteiger charge is 2.17. The quantitative estimate of drug-likeness (QED) is 0.745. The van der Waals surface area contributed by atoms with Crippen LogP contribution < -0.4 is 10.6 Å². The first kappa shape index (κ1) is 11.1. The number of hydrogen-bond acceptors (Lipinski definition) is 1. The largest absolute Gasteiger partial charge is 0.359 e. The van der Waals surface area contributed by atoms with Gasteiger partial charge in [-0.05, 0) is 18.9 Å². The lowest BCUT2D eigenvalue weighted by molar-refractivity contribution is 0.248. The number of carbonyl (C=O) groups is 1. The summed E-state index contributed by atoms with van der Waals surface area (Å²) in [5.74, 6) is 0. The van der Waals surface area contributed by atoms with Crippen molar-refractivity contribution in [1.82, 2.24) is 10.3 Å². The Balaban J connectivity index is 1.70. The van der Waals surface area contributed by atoms with Crippen molar-refractivity contribution < 1.29 is 4.79 Å². The zero-order valence-electron chi connectivity index (χ0n) is 10.2. The van der Waals surface area contributed by atoms with Crippen LogP contribution >= 0.6 is 0 Å². The number of urea groups is 1. The summed E-state index contributed by atoms with van der Waals surface area (Å²) in [4.78, 5) is 15.0. The van der Waals surface area contributed by atoms with Gasteiger partial charge in [0.2, 0.25) is 0 Å². The summed E-state index contributed by atoms with van der Waals surface area (Å²) in [6, 6.07) is 8.17. The number of nitrogens with one attached hydrogen (secondary N) is 3. The van der Waals surface area contributed by atoms with E-state index >= 15 is 0 Å². The second kappa shape index (κ2) is 4.72. The highest BCUT2D eigenvalue weighted by molar-refractivity contribution is 6.00. The van der Waals surface area contributed by atoms with Crippen molar-refractivity contribution in [1.29, 1.82) is 0 Å². The lowest BCUT2D eigenvalue weighted by Crippen LogP contribution is -2.36. The SMILES string of the molecule is O=C(Nc1c[nH]c2ccccc12)NC1CCCC1. The van der Waals surface area contributed by atoms with Gasteiger partial charge in [0.25, 0.3) is 0 Å². The number of aromatic nitrogens is 1. The predicted molar refractivity (Wildman–Crippen MR) is 72.7 cm³/mol. The molecule has 0 saturated heterocycles. The van der Waals surface area contributed by atoms with Gasteiger partial charge in [0, 0.05) is 23.1 Å². The monoisotopic (exact) mass is 243 g/mol. The number of para-hydroxylation sites is 1. The average molecular weight is 243 g/mol. The maximum Gasteiger partial charge on any atom is 0.319 e. The zero-order chi connectivity index (χ0) is 12.4. The number of benzene rings is 1. The molecule has 18 heavy (non-hydrogen) atoms. The number of carbonyl (C=O) groups excluding carboxylic acids is 1. The van der Waals surface area contributed by atoms with Crippen LogP contribution in [-0.2, 0) is 0 Å². The molecule has 1 aromatic carbocycles. The second-order valence-electron chi connectivity index (χ2n) is 4.83. The Labute approximate surface area is 106 Å². The molecular formula is C14H17N3O. The summed E-state index contributed by atoms with van der Waals surface area (Å²) in [7, 11) is 0. The fourth-order valence-corrected chi connectivity index (χ4v) is 2.59. The van der Waals surface area contributed by atoms with Crippen molar-refractivity contribution in [3.8, 4) is 0 Å². The molecule has 0 atom stereocenters. The smallest absolute Gasteiger partial charge is 0.319 e. The molecule has 0 bridgehead atoms. The third kappa shape index (κ3) is 2.18. The third-order valence-corrected chi connectivity index (χ3v) is 3.53. The number of fused-ring (bicyclic) bond motifs is 1. The molecule has 4 heteroatoms. The molecule has 1 aromatic heterocycles. The van der Waals surface area contributed by atoms with Gasteiger partial charge in [-0.1, -0.05) is 31.0 Å². The van der Waals surface area contributed by atoms with E-state index in [1.165, 1.54) is 12.8 Å². The van der Waals surface area contributed by atoms with Gasteiger partial charge in [-0.15, -0.1) is 0 Å². The zero-order valence-corrected chi connectivity index (χ0v) is 10.2. The molecule has 1 heterocycles. The summed E-state index contributed by atoms with van der Waals surface area (Å²) >= 11 is 0. The summed E-state index contributed by atoms with van der Waals surface area (Å²) < 4.78 is 0. The molecule has 94 valence electrons. The number of amides is 2. The molecular weight excluding hydrogens is 226 g/mol. The minimum absolute atomic E-state index is 0.105. The molecule has 1 aliphatic rings. The highest BCUT2D eigenvalue weighted by atomic mass is 16.2. The standard InChI is InChI=1S/C14H17N3O/c18-14(16-10-5-1-2-6-10)17-13-9-15-12-8-4-3-7-11(12)13/h3-4,7-10,15H,1-2,5-6H2,(H2,16,17,18). The molecule has 1 aliphatic carbocycles. The van der Waals surface area contributed by atoms with Gasteiger partial charge in [0.15, 0.2) is 0 Å². The van der Waals surface area contributed by atoms with E-state index in [0.29, 0.717) is 6.04 Å². The van der Waals surface area contributed by atoms with Crippen LogP contribution in [0, 0.1) is 0 Å². The summed E-state index contributed by atoms with van der Waals surface area (Å²) in [6.07, 6.45) is 6.47. The van der Waals surface area contributed by atoms with E-state index in [9.17, 15) is 4.79 Å². The van der Waals surface area contributed by atoms with Crippen LogP contribution in [0.25, 0.3) is 10.9 Å². The molecule has 4 nitrogen and oxygen atoms in total. The van der Waals surface area contributed by atoms with Gasteiger partial charge in [0.05, 0.1) is 5.69 Å². The van der Waals surface area contributed by atoms with Gasteiger partial charge in [-0.25, -0.2) is 4.79 Å². The van der Waals surface area contributed by atoms with E-state index in [-0.39, 0.29) is 6.03 Å². The first-order valence-electron chi connectivity index (χ1n) is 6.46. The van der Waals surface area contributed by atoms with E-state index in [0.717, 1.165) is 29.4 Å². The molecule has 1 fully saturated rings. The molecule has 2 amide bonds. The van der Waals surface area contributed by atoms with Crippen molar-refractivity contribution in [3.63, 3.8) is 0 Å². The van der Waals surface area contributed by atoms with Crippen LogP contribution in [-0.4, -0.2) is 17.1 Å². The number of rotatable bonds is 2. The van der Waals surface area contributed by atoms with Gasteiger partial charge >= 0.3 is 6.03 Å². The van der Waals surface area contributed by atoms with Gasteiger partial charge in [0.1, 0.15) is 0 Å². The third-order valence-electron chi connectivity index (χ3n) is 3.53. The molecule has 2 aromatic rings. The van der Waals surface area contributed by atoms with Crippen LogP contribution in [0.15, 0.2) is 30.5 Å². The first-order valence-corrected chi connectivity index (χ1v) is 6.46. The van der Waals surface area contributed by atoms with E-state index in [1.54, 1.807) is 0 Å². The molecule has 0 aliphatic heterocycles. The number of aromatic amines is 1. The van der Waals surface area contributed by atoms with E-state index in [4.69, 9.17) is 0 Å². The Bertz CT molecular complexity index is 555. The van der Waals surface area contributed by atoms with Gasteiger partial charge in [-0.3, -0.25) is 0 Å². The van der Waals surface area contributed by atoms with Crippen LogP contribution in [0.5, 0.6) is 0 Å². The van der Waals surface area contributed by atoms with Crippen molar-refractivity contribution in [3.05, 3.63) is 30.5 Å². The molecule has 3 rings (SSSR count). The fourth-order valence-electron chi connectivity index (χ4n) is 2.59. The minimum Gasteiger partial charge on any atom is -0.359 e. The molecule has 0 spiro atoms. The Morgan fingerprint density at radius 3 is 2.83 bits per heavy atom. The summed E-state index contributed by atoms with van der Waals surface area (Å²) in [6.45, 7) is 0. The maximum absolute atomic E-state index is 11.9. The Morgan fingerprint density at radius 2 is 2.00 bits per heavy atom. The first-order chi connectivity index (χ1) is 8.83. The number of hydrogen-bond donors (Lipinski definition) is 3. The van der Waals surface area contributed by atoms with Crippen molar-refractivity contribution in [2.24, 2.45) is 0 Å². The van der Waals surface area contributed by atoms with Crippen molar-refractivity contribution in [2.75, 3.05) is 5.32 Å². The number of anilines is 1. The lowest BCUT2D eigenvalue weighted by Gasteiger charge is -2.12. The van der Waals surface area contributed by atoms with Crippen molar-refractivity contribution >= 4 is 22.6 Å². The molecule has 0 unspecified atom stereocenters. The normalized spacial score (nSPS) is 16.0. The highest BCUT2D eigenvalue weighted by Crippen LogP contribution is 2.23. The number of H-pyrrole nitrogens is 1. The van der Waals surface area contributed by atoms with Crippen LogP contribution in [0.1, 0.15) is 25.7 Å². The summed E-state index contributed by atoms with van der Waals surface area (Å²) in [5.41, 5.74) is 1.87. The Morgan fingerprint density at radius 1 is 1.22 bits per heavy atom. The van der Waals surface area contributed by atoms with Crippen LogP contribution in [0.2, 0.25) is 0 Å². The Kier molecular flexibility index (Phi) is 2.92. The van der Waals surface area contributed by atoms with Crippen molar-refractivity contribution in [2.45, 2.75) is 31.7 Å². The van der Waals surface area contributed by atoms with Gasteiger partial charge in [-0.2, -0.15) is 0 Å². The lowest BCUT2D eigenvalue weighted by atomic mass is 10.2. The van der Waals surface area contributed by atoms with Crippen LogP contribution in [0.3, 0.4) is 0 Å². The molecule has 3 N–H and O–H groups in total. The minimum atomic E-state index is -0.105. The van der Waals surface area contributed by atoms with E-state index in [1.807, 2.05) is 30.5 Å². The average Bonchev–Trinajstić information content (AvgIpc) is 3.00. The topological polar surface area (TPSA) is 56.9 Å². The van der Waals surface area contributed by atoms with Crippen LogP contribution in [0.4, 0.5) is 10.5 Å².